The molecule has 0 aromatic heterocycles. The van der Waals surface area contributed by atoms with Crippen molar-refractivity contribution in [1.29, 1.82) is 0 Å². The molecule has 0 saturated carbocycles. The summed E-state index contributed by atoms with van der Waals surface area (Å²) in [5, 5.41) is 21.2. The summed E-state index contributed by atoms with van der Waals surface area (Å²) in [7, 11) is -1.71. The van der Waals surface area contributed by atoms with Crippen molar-refractivity contribution >= 4 is 35.8 Å². The van der Waals surface area contributed by atoms with E-state index in [4.69, 9.17) is 21.6 Å². The molecule has 0 aliphatic rings. The Balaban J connectivity index is 2.22. The van der Waals surface area contributed by atoms with Gasteiger partial charge in [0.1, 0.15) is 0 Å². The largest absolute Gasteiger partial charge is 0.489 e. The zero-order valence-electron chi connectivity index (χ0n) is 9.88. The maximum Gasteiger partial charge on any atom is 0.489 e. The first-order chi connectivity index (χ1) is 9.08. The molecule has 96 valence electrons. The van der Waals surface area contributed by atoms with Gasteiger partial charge in [-0.25, -0.2) is 0 Å². The summed E-state index contributed by atoms with van der Waals surface area (Å²) >= 11 is 5.80. The fourth-order valence-corrected chi connectivity index (χ4v) is 1.82. The SMILES string of the molecule is O=C(Nc1ccccc1)c1ccc(Cl)c(B(O)O)c1. The van der Waals surface area contributed by atoms with Crippen LogP contribution in [0.1, 0.15) is 10.4 Å². The monoisotopic (exact) mass is 275 g/mol. The van der Waals surface area contributed by atoms with E-state index < -0.39 is 7.12 Å². The number of rotatable bonds is 3. The van der Waals surface area contributed by atoms with Crippen molar-refractivity contribution in [2.45, 2.75) is 0 Å². The normalized spacial score (nSPS) is 10.1. The summed E-state index contributed by atoms with van der Waals surface area (Å²) in [6.45, 7) is 0. The first-order valence-corrected chi connectivity index (χ1v) is 5.97. The molecule has 2 rings (SSSR count). The fourth-order valence-electron chi connectivity index (χ4n) is 1.61. The Morgan fingerprint density at radius 3 is 2.42 bits per heavy atom. The van der Waals surface area contributed by atoms with Gasteiger partial charge in [-0.1, -0.05) is 29.8 Å². The number of hydrogen-bond donors (Lipinski definition) is 3. The molecular weight excluding hydrogens is 264 g/mol. The molecule has 0 spiro atoms. The molecule has 19 heavy (non-hydrogen) atoms. The first kappa shape index (κ1) is 13.6. The van der Waals surface area contributed by atoms with Crippen LogP contribution in [0.3, 0.4) is 0 Å². The van der Waals surface area contributed by atoms with Crippen molar-refractivity contribution in [3.63, 3.8) is 0 Å². The van der Waals surface area contributed by atoms with Gasteiger partial charge in [0.2, 0.25) is 0 Å². The number of carbonyl (C=O) groups excluding carboxylic acids is 1. The Kier molecular flexibility index (Phi) is 4.22. The van der Waals surface area contributed by atoms with Gasteiger partial charge < -0.3 is 15.4 Å². The molecule has 0 radical (unpaired) electrons. The van der Waals surface area contributed by atoms with Crippen molar-refractivity contribution in [1.82, 2.24) is 0 Å². The summed E-state index contributed by atoms with van der Waals surface area (Å²) in [5.41, 5.74) is 1.06. The van der Waals surface area contributed by atoms with E-state index in [0.717, 1.165) is 0 Å². The molecule has 0 aliphatic carbocycles. The summed E-state index contributed by atoms with van der Waals surface area (Å²) in [5.74, 6) is -0.343. The second-order valence-corrected chi connectivity index (χ2v) is 4.34. The van der Waals surface area contributed by atoms with Crippen LogP contribution in [0, 0.1) is 0 Å². The highest BCUT2D eigenvalue weighted by Gasteiger charge is 2.17. The lowest BCUT2D eigenvalue weighted by atomic mass is 9.79. The van der Waals surface area contributed by atoms with Gasteiger partial charge >= 0.3 is 7.12 Å². The van der Waals surface area contributed by atoms with Crippen molar-refractivity contribution in [2.75, 3.05) is 5.32 Å². The highest BCUT2D eigenvalue weighted by molar-refractivity contribution is 6.62. The van der Waals surface area contributed by atoms with Crippen LogP contribution in [0.5, 0.6) is 0 Å². The standard InChI is InChI=1S/C13H11BClNO3/c15-12-7-6-9(8-11(12)14(18)19)13(17)16-10-4-2-1-3-5-10/h1-8,18-19H,(H,16,17). The maximum atomic E-state index is 12.0. The summed E-state index contributed by atoms with van der Waals surface area (Å²) in [6, 6.07) is 13.3. The van der Waals surface area contributed by atoms with Gasteiger partial charge in [-0.2, -0.15) is 0 Å². The number of para-hydroxylation sites is 1. The number of carbonyl (C=O) groups is 1. The number of hydrogen-bond acceptors (Lipinski definition) is 3. The maximum absolute atomic E-state index is 12.0. The molecular formula is C13H11BClNO3. The van der Waals surface area contributed by atoms with E-state index in [2.05, 4.69) is 5.32 Å². The van der Waals surface area contributed by atoms with Gasteiger partial charge in [0.25, 0.3) is 5.91 Å². The molecule has 0 atom stereocenters. The minimum absolute atomic E-state index is 0.0994. The lowest BCUT2D eigenvalue weighted by Gasteiger charge is -2.08. The van der Waals surface area contributed by atoms with Crippen molar-refractivity contribution in [2.24, 2.45) is 0 Å². The minimum Gasteiger partial charge on any atom is -0.423 e. The molecule has 0 unspecified atom stereocenters. The van der Waals surface area contributed by atoms with Crippen molar-refractivity contribution < 1.29 is 14.8 Å². The molecule has 1 amide bonds. The number of halogens is 1. The topological polar surface area (TPSA) is 69.6 Å². The van der Waals surface area contributed by atoms with E-state index >= 15 is 0 Å². The Morgan fingerprint density at radius 2 is 1.79 bits per heavy atom. The first-order valence-electron chi connectivity index (χ1n) is 5.60. The van der Waals surface area contributed by atoms with Gasteiger partial charge in [-0.05, 0) is 30.3 Å². The molecule has 3 N–H and O–H groups in total. The van der Waals surface area contributed by atoms with Crippen LogP contribution in [0.4, 0.5) is 5.69 Å². The van der Waals surface area contributed by atoms with E-state index in [1.807, 2.05) is 6.07 Å². The smallest absolute Gasteiger partial charge is 0.423 e. The lowest BCUT2D eigenvalue weighted by molar-refractivity contribution is 0.102. The third kappa shape index (κ3) is 3.35. The summed E-state index contributed by atoms with van der Waals surface area (Å²) in [4.78, 5) is 12.0. The van der Waals surface area contributed by atoms with Crippen LogP contribution in [0.15, 0.2) is 48.5 Å². The molecule has 4 nitrogen and oxygen atoms in total. The summed E-state index contributed by atoms with van der Waals surface area (Å²) in [6.07, 6.45) is 0. The van der Waals surface area contributed by atoms with Crippen LogP contribution in [0.25, 0.3) is 0 Å². The second kappa shape index (κ2) is 5.88. The van der Waals surface area contributed by atoms with Gasteiger partial charge in [0.15, 0.2) is 0 Å². The average Bonchev–Trinajstić information content (AvgIpc) is 2.40. The van der Waals surface area contributed by atoms with E-state index in [1.165, 1.54) is 18.2 Å². The van der Waals surface area contributed by atoms with Crippen LogP contribution in [0.2, 0.25) is 5.02 Å². The van der Waals surface area contributed by atoms with E-state index in [9.17, 15) is 4.79 Å². The predicted octanol–water partition coefficient (Wildman–Crippen LogP) is 1.27. The van der Waals surface area contributed by atoms with E-state index in [1.54, 1.807) is 24.3 Å². The zero-order valence-corrected chi connectivity index (χ0v) is 10.6. The molecule has 0 bridgehead atoms. The molecule has 2 aromatic rings. The van der Waals surface area contributed by atoms with Crippen LogP contribution in [-0.2, 0) is 0 Å². The van der Waals surface area contributed by atoms with Gasteiger partial charge in [0, 0.05) is 21.7 Å². The quantitative estimate of drug-likeness (QED) is 0.739. The zero-order chi connectivity index (χ0) is 13.8. The molecule has 0 fully saturated rings. The number of benzene rings is 2. The number of amides is 1. The van der Waals surface area contributed by atoms with Gasteiger partial charge in [-0.3, -0.25) is 4.79 Å². The number of anilines is 1. The average molecular weight is 276 g/mol. The predicted molar refractivity (Wildman–Crippen MR) is 75.7 cm³/mol. The Labute approximate surface area is 115 Å². The third-order valence-electron chi connectivity index (χ3n) is 2.57. The Bertz CT molecular complexity index is 590. The molecule has 0 heterocycles. The molecule has 2 aromatic carbocycles. The highest BCUT2D eigenvalue weighted by atomic mass is 35.5. The van der Waals surface area contributed by atoms with Crippen LogP contribution >= 0.6 is 11.6 Å². The van der Waals surface area contributed by atoms with Crippen LogP contribution < -0.4 is 10.8 Å². The second-order valence-electron chi connectivity index (χ2n) is 3.93. The van der Waals surface area contributed by atoms with Crippen LogP contribution in [-0.4, -0.2) is 23.1 Å². The van der Waals surface area contributed by atoms with Gasteiger partial charge in [-0.15, -0.1) is 0 Å². The Hall–Kier alpha value is -1.82. The lowest BCUT2D eigenvalue weighted by Crippen LogP contribution is -2.31. The minimum atomic E-state index is -1.71. The number of nitrogens with one attached hydrogen (secondary N) is 1. The summed E-state index contributed by atoms with van der Waals surface area (Å²) < 4.78 is 0. The molecule has 0 saturated heterocycles. The third-order valence-corrected chi connectivity index (χ3v) is 2.91. The van der Waals surface area contributed by atoms with E-state index in [-0.39, 0.29) is 16.4 Å². The van der Waals surface area contributed by atoms with Gasteiger partial charge in [0.05, 0.1) is 0 Å². The fraction of sp³-hybridized carbons (Fsp3) is 0. The highest BCUT2D eigenvalue weighted by Crippen LogP contribution is 2.11. The van der Waals surface area contributed by atoms with Crippen molar-refractivity contribution in [3.05, 3.63) is 59.1 Å². The van der Waals surface area contributed by atoms with E-state index in [0.29, 0.717) is 11.3 Å². The molecule has 6 heteroatoms. The van der Waals surface area contributed by atoms with Crippen molar-refractivity contribution in [3.8, 4) is 0 Å². The molecule has 0 aliphatic heterocycles. The Morgan fingerprint density at radius 1 is 1.11 bits per heavy atom.